The molecule has 1 heterocycles. The highest BCUT2D eigenvalue weighted by Gasteiger charge is 2.34. The van der Waals surface area contributed by atoms with Crippen molar-refractivity contribution in [2.45, 2.75) is 13.3 Å². The van der Waals surface area contributed by atoms with Crippen molar-refractivity contribution in [2.24, 2.45) is 0 Å². The Morgan fingerprint density at radius 2 is 2.14 bits per heavy atom. The Bertz CT molecular complexity index is 660. The zero-order chi connectivity index (χ0) is 15.6. The minimum atomic E-state index is -0.595. The molecule has 0 bridgehead atoms. The van der Waals surface area contributed by atoms with Crippen molar-refractivity contribution in [1.82, 2.24) is 4.90 Å². The van der Waals surface area contributed by atoms with Crippen molar-refractivity contribution in [3.05, 3.63) is 43.8 Å². The van der Waals surface area contributed by atoms with E-state index in [0.717, 1.165) is 11.8 Å². The molecule has 2 rings (SSSR count). The van der Waals surface area contributed by atoms with Crippen LogP contribution < -0.4 is 0 Å². The van der Waals surface area contributed by atoms with E-state index in [0.29, 0.717) is 18.5 Å². The van der Waals surface area contributed by atoms with Crippen LogP contribution in [-0.4, -0.2) is 27.5 Å². The van der Waals surface area contributed by atoms with Crippen LogP contribution in [-0.2, 0) is 4.79 Å². The van der Waals surface area contributed by atoms with E-state index < -0.39 is 4.92 Å². The highest BCUT2D eigenvalue weighted by atomic mass is 35.5. The van der Waals surface area contributed by atoms with Crippen molar-refractivity contribution in [3.63, 3.8) is 0 Å². The first-order chi connectivity index (χ1) is 9.93. The first-order valence-corrected chi connectivity index (χ1v) is 7.32. The van der Waals surface area contributed by atoms with Crippen LogP contribution in [0.1, 0.15) is 18.9 Å². The van der Waals surface area contributed by atoms with Gasteiger partial charge in [0.05, 0.1) is 9.83 Å². The number of hydrogen-bond acceptors (Lipinski definition) is 5. The summed E-state index contributed by atoms with van der Waals surface area (Å²) in [6.07, 6.45) is 2.14. The second-order valence-corrected chi connectivity index (χ2v) is 5.70. The molecule has 1 aliphatic heterocycles. The Morgan fingerprint density at radius 3 is 2.76 bits per heavy atom. The van der Waals surface area contributed by atoms with Crippen molar-refractivity contribution in [3.8, 4) is 0 Å². The molecule has 0 saturated carbocycles. The molecular formula is C13H11ClN2O4S. The lowest BCUT2D eigenvalue weighted by molar-refractivity contribution is -0.384. The normalized spacial score (nSPS) is 16.9. The molecule has 2 amide bonds. The fourth-order valence-electron chi connectivity index (χ4n) is 1.83. The minimum absolute atomic E-state index is 0.0243. The van der Waals surface area contributed by atoms with Crippen LogP contribution in [0.3, 0.4) is 0 Å². The average molecular weight is 327 g/mol. The number of hydrogen-bond donors (Lipinski definition) is 0. The van der Waals surface area contributed by atoms with Crippen molar-refractivity contribution in [2.75, 3.05) is 6.54 Å². The number of nitro benzene ring substituents is 1. The molecule has 0 unspecified atom stereocenters. The van der Waals surface area contributed by atoms with Crippen LogP contribution in [0.4, 0.5) is 10.5 Å². The van der Waals surface area contributed by atoms with E-state index in [-0.39, 0.29) is 26.8 Å². The molecule has 21 heavy (non-hydrogen) atoms. The molecule has 8 heteroatoms. The Balaban J connectivity index is 2.33. The summed E-state index contributed by atoms with van der Waals surface area (Å²) in [6, 6.07) is 4.22. The van der Waals surface area contributed by atoms with Crippen LogP contribution >= 0.6 is 23.4 Å². The van der Waals surface area contributed by atoms with Crippen LogP contribution in [0.15, 0.2) is 23.1 Å². The van der Waals surface area contributed by atoms with Crippen LogP contribution in [0, 0.1) is 10.1 Å². The number of halogens is 1. The van der Waals surface area contributed by atoms with Crippen LogP contribution in [0.5, 0.6) is 0 Å². The molecule has 0 radical (unpaired) electrons. The van der Waals surface area contributed by atoms with E-state index in [1.54, 1.807) is 6.07 Å². The van der Waals surface area contributed by atoms with Gasteiger partial charge in [-0.05, 0) is 35.9 Å². The Labute approximate surface area is 129 Å². The molecular weight excluding hydrogens is 316 g/mol. The second-order valence-electron chi connectivity index (χ2n) is 4.30. The zero-order valence-corrected chi connectivity index (χ0v) is 12.6. The SMILES string of the molecule is CCCN1C(=O)S/C(=C/c2ccc(Cl)c([N+](=O)[O-])c2)C1=O. The molecule has 1 aliphatic rings. The number of rotatable bonds is 4. The number of carbonyl (C=O) groups is 2. The summed E-state index contributed by atoms with van der Waals surface area (Å²) in [6.45, 7) is 2.23. The van der Waals surface area contributed by atoms with Gasteiger partial charge >= 0.3 is 0 Å². The molecule has 1 saturated heterocycles. The number of carbonyl (C=O) groups excluding carboxylic acids is 2. The van der Waals surface area contributed by atoms with Gasteiger partial charge in [0.2, 0.25) is 0 Å². The summed E-state index contributed by atoms with van der Waals surface area (Å²) >= 11 is 6.56. The zero-order valence-electron chi connectivity index (χ0n) is 11.0. The Morgan fingerprint density at radius 1 is 1.43 bits per heavy atom. The smallest absolute Gasteiger partial charge is 0.268 e. The largest absolute Gasteiger partial charge is 0.293 e. The molecule has 0 spiro atoms. The predicted molar refractivity (Wildman–Crippen MR) is 81.1 cm³/mol. The average Bonchev–Trinajstić information content (AvgIpc) is 2.69. The Kier molecular flexibility index (Phi) is 4.64. The van der Waals surface area contributed by atoms with Gasteiger partial charge in [-0.1, -0.05) is 24.6 Å². The van der Waals surface area contributed by atoms with Crippen molar-refractivity contribution in [1.29, 1.82) is 0 Å². The fraction of sp³-hybridized carbons (Fsp3) is 0.231. The van der Waals surface area contributed by atoms with Gasteiger partial charge in [0.25, 0.3) is 16.8 Å². The van der Waals surface area contributed by atoms with E-state index in [2.05, 4.69) is 0 Å². The maximum absolute atomic E-state index is 12.1. The summed E-state index contributed by atoms with van der Waals surface area (Å²) in [7, 11) is 0. The molecule has 0 atom stereocenters. The standard InChI is InChI=1S/C13H11ClN2O4S/c1-2-5-15-12(17)11(21-13(15)18)7-8-3-4-9(14)10(6-8)16(19)20/h3-4,6-7H,2,5H2,1H3/b11-7+. The van der Waals surface area contributed by atoms with Crippen LogP contribution in [0.2, 0.25) is 5.02 Å². The monoisotopic (exact) mass is 326 g/mol. The van der Waals surface area contributed by atoms with E-state index in [9.17, 15) is 19.7 Å². The lowest BCUT2D eigenvalue weighted by atomic mass is 10.2. The van der Waals surface area contributed by atoms with Gasteiger partial charge in [-0.3, -0.25) is 24.6 Å². The molecule has 1 fully saturated rings. The number of thioether (sulfide) groups is 1. The second kappa shape index (κ2) is 6.28. The van der Waals surface area contributed by atoms with Gasteiger partial charge in [-0.25, -0.2) is 0 Å². The van der Waals surface area contributed by atoms with Gasteiger partial charge < -0.3 is 0 Å². The third-order valence-corrected chi connectivity index (χ3v) is 4.01. The maximum Gasteiger partial charge on any atom is 0.293 e. The molecule has 0 aliphatic carbocycles. The topological polar surface area (TPSA) is 80.5 Å². The van der Waals surface area contributed by atoms with E-state index in [4.69, 9.17) is 11.6 Å². The summed E-state index contributed by atoms with van der Waals surface area (Å²) in [5, 5.41) is 10.5. The van der Waals surface area contributed by atoms with Gasteiger partial charge in [0.1, 0.15) is 5.02 Å². The first kappa shape index (κ1) is 15.5. The molecule has 1 aromatic carbocycles. The van der Waals surface area contributed by atoms with E-state index in [1.807, 2.05) is 6.92 Å². The van der Waals surface area contributed by atoms with Crippen molar-refractivity contribution >= 4 is 46.3 Å². The molecule has 1 aromatic rings. The lowest BCUT2D eigenvalue weighted by Gasteiger charge is -2.09. The van der Waals surface area contributed by atoms with Gasteiger partial charge in [0, 0.05) is 12.6 Å². The number of nitrogens with zero attached hydrogens (tertiary/aromatic N) is 2. The summed E-state index contributed by atoms with van der Waals surface area (Å²) < 4.78 is 0. The number of nitro groups is 1. The summed E-state index contributed by atoms with van der Waals surface area (Å²) in [5.74, 6) is -0.371. The molecule has 0 aromatic heterocycles. The third-order valence-electron chi connectivity index (χ3n) is 2.79. The minimum Gasteiger partial charge on any atom is -0.268 e. The van der Waals surface area contributed by atoms with Gasteiger partial charge in [0.15, 0.2) is 0 Å². The summed E-state index contributed by atoms with van der Waals surface area (Å²) in [5.41, 5.74) is 0.214. The molecule has 0 N–H and O–H groups in total. The van der Waals surface area contributed by atoms with E-state index >= 15 is 0 Å². The third kappa shape index (κ3) is 3.25. The first-order valence-electron chi connectivity index (χ1n) is 6.13. The number of benzene rings is 1. The van der Waals surface area contributed by atoms with E-state index in [1.165, 1.54) is 23.1 Å². The summed E-state index contributed by atoms with van der Waals surface area (Å²) in [4.78, 5) is 35.4. The number of amides is 2. The quantitative estimate of drug-likeness (QED) is 0.479. The highest BCUT2D eigenvalue weighted by molar-refractivity contribution is 8.18. The number of imide groups is 1. The Hall–Kier alpha value is -1.86. The fourth-order valence-corrected chi connectivity index (χ4v) is 2.88. The lowest BCUT2D eigenvalue weighted by Crippen LogP contribution is -2.28. The van der Waals surface area contributed by atoms with Gasteiger partial charge in [-0.2, -0.15) is 0 Å². The highest BCUT2D eigenvalue weighted by Crippen LogP contribution is 2.33. The van der Waals surface area contributed by atoms with Crippen LogP contribution in [0.25, 0.3) is 6.08 Å². The maximum atomic E-state index is 12.1. The molecule has 110 valence electrons. The van der Waals surface area contributed by atoms with Crippen molar-refractivity contribution < 1.29 is 14.5 Å². The van der Waals surface area contributed by atoms with Gasteiger partial charge in [-0.15, -0.1) is 0 Å². The predicted octanol–water partition coefficient (Wildman–Crippen LogP) is 3.69. The molecule has 6 nitrogen and oxygen atoms in total.